The van der Waals surface area contributed by atoms with Crippen LogP contribution in [-0.4, -0.2) is 24.5 Å². The van der Waals surface area contributed by atoms with E-state index in [0.29, 0.717) is 6.04 Å². The lowest BCUT2D eigenvalue weighted by Crippen LogP contribution is -2.37. The van der Waals surface area contributed by atoms with Crippen LogP contribution in [0.3, 0.4) is 0 Å². The van der Waals surface area contributed by atoms with Crippen molar-refractivity contribution in [3.63, 3.8) is 0 Å². The predicted molar refractivity (Wildman–Crippen MR) is 104 cm³/mol. The number of fused-ring (bicyclic) bond motifs is 1. The van der Waals surface area contributed by atoms with Gasteiger partial charge in [0.1, 0.15) is 0 Å². The van der Waals surface area contributed by atoms with Crippen molar-refractivity contribution in [2.45, 2.75) is 26.1 Å². The zero-order valence-electron chi connectivity index (χ0n) is 13.6. The van der Waals surface area contributed by atoms with E-state index in [0.717, 1.165) is 25.3 Å². The molecule has 3 rings (SSSR count). The summed E-state index contributed by atoms with van der Waals surface area (Å²) >= 11 is 0. The number of anilines is 2. The molecule has 1 heterocycles. The molecule has 0 amide bonds. The molecule has 2 aromatic rings. The summed E-state index contributed by atoms with van der Waals surface area (Å²) in [6.45, 7) is 5.26. The van der Waals surface area contributed by atoms with Crippen LogP contribution in [0.25, 0.3) is 0 Å². The lowest BCUT2D eigenvalue weighted by Gasteiger charge is -2.28. The summed E-state index contributed by atoms with van der Waals surface area (Å²) in [7, 11) is 2.18. The number of benzene rings is 2. The number of likely N-dealkylation sites (N-methyl/N-ethyl adjacent to an activating group) is 1. The predicted octanol–water partition coefficient (Wildman–Crippen LogP) is 3.95. The minimum absolute atomic E-state index is 0. The van der Waals surface area contributed by atoms with Crippen molar-refractivity contribution < 1.29 is 0 Å². The highest BCUT2D eigenvalue weighted by atomic mass is 35.5. The molecule has 0 spiro atoms. The Kier molecular flexibility index (Phi) is 7.20. The van der Waals surface area contributed by atoms with Crippen LogP contribution < -0.4 is 10.6 Å². The summed E-state index contributed by atoms with van der Waals surface area (Å²) in [6, 6.07) is 17.4. The van der Waals surface area contributed by atoms with Gasteiger partial charge in [-0.05, 0) is 36.2 Å². The molecule has 0 bridgehead atoms. The van der Waals surface area contributed by atoms with Gasteiger partial charge in [0.2, 0.25) is 0 Å². The average Bonchev–Trinajstić information content (AvgIpc) is 2.57. The van der Waals surface area contributed by atoms with E-state index in [4.69, 9.17) is 5.73 Å². The smallest absolute Gasteiger partial charge is 0.0409 e. The fourth-order valence-electron chi connectivity index (χ4n) is 3.14. The quantitative estimate of drug-likeness (QED) is 0.829. The molecule has 1 aliphatic rings. The first kappa shape index (κ1) is 19.6. The normalized spacial score (nSPS) is 17.5. The maximum atomic E-state index is 5.90. The molecule has 3 nitrogen and oxygen atoms in total. The van der Waals surface area contributed by atoms with Crippen molar-refractivity contribution in [1.82, 2.24) is 4.90 Å². The molecular formula is C18H25Cl2N3. The van der Waals surface area contributed by atoms with E-state index in [9.17, 15) is 0 Å². The highest BCUT2D eigenvalue weighted by molar-refractivity contribution is 5.85. The Bertz CT molecular complexity index is 633. The SMILES string of the molecule is CC1CN(C)c2ccccc2CN1Cc1cccc(N)c1.Cl.Cl. The van der Waals surface area contributed by atoms with Gasteiger partial charge in [-0.15, -0.1) is 24.8 Å². The van der Waals surface area contributed by atoms with Crippen LogP contribution in [0, 0.1) is 0 Å². The van der Waals surface area contributed by atoms with Crippen molar-refractivity contribution in [2.24, 2.45) is 0 Å². The molecule has 2 N–H and O–H groups in total. The van der Waals surface area contributed by atoms with E-state index in [1.807, 2.05) is 12.1 Å². The van der Waals surface area contributed by atoms with Gasteiger partial charge in [0.25, 0.3) is 0 Å². The van der Waals surface area contributed by atoms with Gasteiger partial charge in [-0.1, -0.05) is 30.3 Å². The fraction of sp³-hybridized carbons (Fsp3) is 0.333. The first-order valence-corrected chi connectivity index (χ1v) is 7.51. The molecule has 5 heteroatoms. The van der Waals surface area contributed by atoms with Crippen molar-refractivity contribution in [3.05, 3.63) is 59.7 Å². The molecule has 0 radical (unpaired) electrons. The summed E-state index contributed by atoms with van der Waals surface area (Å²) in [5, 5.41) is 0. The topological polar surface area (TPSA) is 32.5 Å². The number of para-hydroxylation sites is 1. The lowest BCUT2D eigenvalue weighted by atomic mass is 10.1. The zero-order chi connectivity index (χ0) is 14.8. The van der Waals surface area contributed by atoms with E-state index >= 15 is 0 Å². The number of rotatable bonds is 2. The van der Waals surface area contributed by atoms with Gasteiger partial charge >= 0.3 is 0 Å². The van der Waals surface area contributed by atoms with Gasteiger partial charge < -0.3 is 10.6 Å². The largest absolute Gasteiger partial charge is 0.399 e. The monoisotopic (exact) mass is 353 g/mol. The van der Waals surface area contributed by atoms with Crippen molar-refractivity contribution in [3.8, 4) is 0 Å². The van der Waals surface area contributed by atoms with E-state index in [-0.39, 0.29) is 24.8 Å². The zero-order valence-corrected chi connectivity index (χ0v) is 15.2. The van der Waals surface area contributed by atoms with Crippen molar-refractivity contribution >= 4 is 36.2 Å². The first-order chi connectivity index (χ1) is 10.1. The van der Waals surface area contributed by atoms with Gasteiger partial charge in [0.05, 0.1) is 0 Å². The molecule has 126 valence electrons. The Labute approximate surface area is 151 Å². The van der Waals surface area contributed by atoms with E-state index in [1.54, 1.807) is 0 Å². The summed E-state index contributed by atoms with van der Waals surface area (Å²) in [5.74, 6) is 0. The molecule has 0 saturated heterocycles. The summed E-state index contributed by atoms with van der Waals surface area (Å²) in [6.07, 6.45) is 0. The molecule has 0 saturated carbocycles. The Hall–Kier alpha value is -1.42. The number of hydrogen-bond acceptors (Lipinski definition) is 3. The van der Waals surface area contributed by atoms with Gasteiger partial charge in [-0.25, -0.2) is 0 Å². The highest BCUT2D eigenvalue weighted by Crippen LogP contribution is 2.27. The summed E-state index contributed by atoms with van der Waals surface area (Å²) in [4.78, 5) is 4.89. The van der Waals surface area contributed by atoms with Crippen LogP contribution in [0.5, 0.6) is 0 Å². The molecule has 0 fully saturated rings. The van der Waals surface area contributed by atoms with Crippen LogP contribution in [0.4, 0.5) is 11.4 Å². The molecule has 1 unspecified atom stereocenters. The van der Waals surface area contributed by atoms with Crippen LogP contribution in [0.15, 0.2) is 48.5 Å². The Balaban J connectivity index is 0.00000132. The van der Waals surface area contributed by atoms with E-state index in [1.165, 1.54) is 16.8 Å². The minimum atomic E-state index is 0. The minimum Gasteiger partial charge on any atom is -0.399 e. The molecule has 0 aliphatic carbocycles. The maximum Gasteiger partial charge on any atom is 0.0409 e. The second-order valence-electron chi connectivity index (χ2n) is 6.01. The van der Waals surface area contributed by atoms with E-state index in [2.05, 4.69) is 60.2 Å². The standard InChI is InChI=1S/C18H23N3.2ClH/c1-14-11-20(2)18-9-4-3-7-16(18)13-21(14)12-15-6-5-8-17(19)10-15;;/h3-10,14H,11-13,19H2,1-2H3;2*1H. The summed E-state index contributed by atoms with van der Waals surface area (Å²) < 4.78 is 0. The number of nitrogen functional groups attached to an aromatic ring is 1. The number of nitrogens with two attached hydrogens (primary N) is 1. The molecule has 1 atom stereocenters. The molecule has 0 aromatic heterocycles. The van der Waals surface area contributed by atoms with Gasteiger partial charge in [-0.2, -0.15) is 0 Å². The van der Waals surface area contributed by atoms with Crippen LogP contribution in [0.1, 0.15) is 18.1 Å². The third kappa shape index (κ3) is 4.54. The number of hydrogen-bond donors (Lipinski definition) is 1. The molecule has 1 aliphatic heterocycles. The second-order valence-corrected chi connectivity index (χ2v) is 6.01. The second kappa shape index (κ2) is 8.44. The van der Waals surface area contributed by atoms with E-state index < -0.39 is 0 Å². The lowest BCUT2D eigenvalue weighted by molar-refractivity contribution is 0.200. The Morgan fingerprint density at radius 2 is 1.83 bits per heavy atom. The third-order valence-electron chi connectivity index (χ3n) is 4.27. The summed E-state index contributed by atoms with van der Waals surface area (Å²) in [5.41, 5.74) is 10.8. The number of halogens is 2. The van der Waals surface area contributed by atoms with Crippen LogP contribution >= 0.6 is 24.8 Å². The molecule has 2 aromatic carbocycles. The fourth-order valence-corrected chi connectivity index (χ4v) is 3.14. The average molecular weight is 354 g/mol. The Morgan fingerprint density at radius 3 is 2.57 bits per heavy atom. The van der Waals surface area contributed by atoms with Gasteiger partial charge in [0.15, 0.2) is 0 Å². The third-order valence-corrected chi connectivity index (χ3v) is 4.27. The highest BCUT2D eigenvalue weighted by Gasteiger charge is 2.22. The van der Waals surface area contributed by atoms with Crippen LogP contribution in [0.2, 0.25) is 0 Å². The molecule has 23 heavy (non-hydrogen) atoms. The first-order valence-electron chi connectivity index (χ1n) is 7.51. The van der Waals surface area contributed by atoms with Gasteiger partial charge in [-0.3, -0.25) is 4.90 Å². The maximum absolute atomic E-state index is 5.90. The van der Waals surface area contributed by atoms with Gasteiger partial charge in [0, 0.05) is 44.1 Å². The van der Waals surface area contributed by atoms with Crippen LogP contribution in [-0.2, 0) is 13.1 Å². The number of nitrogens with zero attached hydrogens (tertiary/aromatic N) is 2. The van der Waals surface area contributed by atoms with Crippen molar-refractivity contribution in [2.75, 3.05) is 24.2 Å². The molecular weight excluding hydrogens is 329 g/mol. The Morgan fingerprint density at radius 1 is 1.09 bits per heavy atom. The van der Waals surface area contributed by atoms with Crippen molar-refractivity contribution in [1.29, 1.82) is 0 Å².